The molecule has 1 amide bonds. The van der Waals surface area contributed by atoms with Crippen molar-refractivity contribution in [1.82, 2.24) is 4.90 Å². The van der Waals surface area contributed by atoms with E-state index in [0.717, 1.165) is 17.2 Å². The lowest BCUT2D eigenvalue weighted by Crippen LogP contribution is -2.35. The Hall–Kier alpha value is -3.68. The van der Waals surface area contributed by atoms with Crippen molar-refractivity contribution in [3.8, 4) is 0 Å². The van der Waals surface area contributed by atoms with E-state index in [1.807, 2.05) is 37.3 Å². The molecule has 158 valence electrons. The van der Waals surface area contributed by atoms with Gasteiger partial charge in [0.15, 0.2) is 6.61 Å². The third-order valence-electron chi connectivity index (χ3n) is 4.28. The van der Waals surface area contributed by atoms with Crippen LogP contribution >= 0.6 is 0 Å². The van der Waals surface area contributed by atoms with Crippen LogP contribution in [0.4, 0.5) is 11.4 Å². The van der Waals surface area contributed by atoms with Gasteiger partial charge in [-0.2, -0.15) is 0 Å². The number of ether oxygens (including phenoxy) is 1. The average Bonchev–Trinajstić information content (AvgIpc) is 2.74. The molecular weight excluding hydrogens is 386 g/mol. The first kappa shape index (κ1) is 22.6. The fourth-order valence-corrected chi connectivity index (χ4v) is 2.76. The molecule has 2 aromatic rings. The molecule has 0 saturated heterocycles. The highest BCUT2D eigenvalue weighted by atomic mass is 16.6. The van der Waals surface area contributed by atoms with E-state index >= 15 is 0 Å². The van der Waals surface area contributed by atoms with Gasteiger partial charge in [-0.3, -0.25) is 14.9 Å². The number of carbonyl (C=O) groups excluding carboxylic acids is 2. The van der Waals surface area contributed by atoms with Crippen LogP contribution in [0.2, 0.25) is 0 Å². The van der Waals surface area contributed by atoms with Crippen LogP contribution in [-0.4, -0.2) is 41.4 Å². The molecule has 0 radical (unpaired) electrons. The maximum atomic E-state index is 12.3. The Kier molecular flexibility index (Phi) is 8.10. The molecule has 0 aromatic heterocycles. The van der Waals surface area contributed by atoms with Gasteiger partial charge in [0.1, 0.15) is 5.69 Å². The van der Waals surface area contributed by atoms with Gasteiger partial charge in [-0.1, -0.05) is 42.5 Å². The van der Waals surface area contributed by atoms with E-state index < -0.39 is 17.5 Å². The summed E-state index contributed by atoms with van der Waals surface area (Å²) in [5.74, 6) is -1.16. The van der Waals surface area contributed by atoms with E-state index in [2.05, 4.69) is 11.9 Å². The summed E-state index contributed by atoms with van der Waals surface area (Å²) in [6, 6.07) is 13.5. The SMILES string of the molecule is C=C(C)CN(CC)C(=O)COC(=O)c1ccc(NCc2ccccc2)c([N+](=O)[O-])c1. The van der Waals surface area contributed by atoms with Crippen LogP contribution in [0.3, 0.4) is 0 Å². The lowest BCUT2D eigenvalue weighted by Gasteiger charge is -2.20. The quantitative estimate of drug-likeness (QED) is 0.276. The molecular formula is C22H25N3O5. The van der Waals surface area contributed by atoms with Crippen LogP contribution < -0.4 is 5.32 Å². The van der Waals surface area contributed by atoms with Crippen LogP contribution in [0.1, 0.15) is 29.8 Å². The summed E-state index contributed by atoms with van der Waals surface area (Å²) in [6.45, 7) is 8.16. The van der Waals surface area contributed by atoms with Crippen molar-refractivity contribution >= 4 is 23.3 Å². The van der Waals surface area contributed by atoms with Crippen LogP contribution in [0.5, 0.6) is 0 Å². The third-order valence-corrected chi connectivity index (χ3v) is 4.28. The predicted octanol–water partition coefficient (Wildman–Crippen LogP) is 3.79. The van der Waals surface area contributed by atoms with E-state index in [-0.39, 0.29) is 22.8 Å². The first-order valence-corrected chi connectivity index (χ1v) is 9.47. The number of nitro groups is 1. The Morgan fingerprint density at radius 3 is 2.50 bits per heavy atom. The molecule has 0 heterocycles. The van der Waals surface area contributed by atoms with Gasteiger partial charge in [0.25, 0.3) is 11.6 Å². The number of nitrogens with zero attached hydrogens (tertiary/aromatic N) is 2. The number of amides is 1. The molecule has 8 heteroatoms. The molecule has 30 heavy (non-hydrogen) atoms. The van der Waals surface area contributed by atoms with Crippen LogP contribution in [0.25, 0.3) is 0 Å². The van der Waals surface area contributed by atoms with Gasteiger partial charge in [-0.05, 0) is 31.5 Å². The number of benzene rings is 2. The molecule has 0 aliphatic rings. The van der Waals surface area contributed by atoms with Crippen molar-refractivity contribution in [2.45, 2.75) is 20.4 Å². The topological polar surface area (TPSA) is 102 Å². The minimum Gasteiger partial charge on any atom is -0.452 e. The van der Waals surface area contributed by atoms with Gasteiger partial charge in [0.2, 0.25) is 0 Å². The molecule has 0 aliphatic heterocycles. The van der Waals surface area contributed by atoms with Crippen molar-refractivity contribution in [2.75, 3.05) is 25.0 Å². The highest BCUT2D eigenvalue weighted by Crippen LogP contribution is 2.26. The summed E-state index contributed by atoms with van der Waals surface area (Å²) < 4.78 is 5.06. The maximum absolute atomic E-state index is 12.3. The number of hydrogen-bond acceptors (Lipinski definition) is 6. The van der Waals surface area contributed by atoms with Crippen molar-refractivity contribution in [3.05, 3.63) is 81.9 Å². The van der Waals surface area contributed by atoms with Crippen molar-refractivity contribution < 1.29 is 19.2 Å². The molecule has 0 spiro atoms. The fraction of sp³-hybridized carbons (Fsp3) is 0.273. The first-order chi connectivity index (χ1) is 14.3. The Morgan fingerprint density at radius 2 is 1.90 bits per heavy atom. The third kappa shape index (κ3) is 6.44. The zero-order chi connectivity index (χ0) is 22.1. The Morgan fingerprint density at radius 1 is 1.20 bits per heavy atom. The van der Waals surface area contributed by atoms with Gasteiger partial charge in [-0.25, -0.2) is 4.79 Å². The van der Waals surface area contributed by atoms with Crippen LogP contribution in [0.15, 0.2) is 60.7 Å². The second kappa shape index (κ2) is 10.8. The zero-order valence-electron chi connectivity index (χ0n) is 17.1. The smallest absolute Gasteiger partial charge is 0.338 e. The van der Waals surface area contributed by atoms with E-state index in [0.29, 0.717) is 19.6 Å². The summed E-state index contributed by atoms with van der Waals surface area (Å²) in [6.07, 6.45) is 0. The van der Waals surface area contributed by atoms with E-state index in [1.54, 1.807) is 6.92 Å². The zero-order valence-corrected chi connectivity index (χ0v) is 17.1. The minimum absolute atomic E-state index is 0.00251. The van der Waals surface area contributed by atoms with Gasteiger partial charge in [0.05, 0.1) is 10.5 Å². The summed E-state index contributed by atoms with van der Waals surface area (Å²) in [5.41, 5.74) is 1.82. The van der Waals surface area contributed by atoms with Crippen molar-refractivity contribution in [1.29, 1.82) is 0 Å². The molecule has 0 fully saturated rings. The molecule has 0 saturated carbocycles. The number of carbonyl (C=O) groups is 2. The fourth-order valence-electron chi connectivity index (χ4n) is 2.76. The Labute approximate surface area is 175 Å². The molecule has 2 aromatic carbocycles. The largest absolute Gasteiger partial charge is 0.452 e. The number of likely N-dealkylation sites (N-methyl/N-ethyl adjacent to an activating group) is 1. The van der Waals surface area contributed by atoms with Crippen LogP contribution in [-0.2, 0) is 16.1 Å². The van der Waals surface area contributed by atoms with Gasteiger partial charge in [0, 0.05) is 25.7 Å². The van der Waals surface area contributed by atoms with E-state index in [1.165, 1.54) is 17.0 Å². The van der Waals surface area contributed by atoms with Gasteiger partial charge >= 0.3 is 5.97 Å². The second-order valence-corrected chi connectivity index (χ2v) is 6.77. The highest BCUT2D eigenvalue weighted by molar-refractivity contribution is 5.93. The van der Waals surface area contributed by atoms with E-state index in [4.69, 9.17) is 4.74 Å². The van der Waals surface area contributed by atoms with Gasteiger partial charge < -0.3 is 15.0 Å². The summed E-state index contributed by atoms with van der Waals surface area (Å²) in [7, 11) is 0. The Bertz CT molecular complexity index is 928. The normalized spacial score (nSPS) is 10.2. The summed E-state index contributed by atoms with van der Waals surface area (Å²) >= 11 is 0. The first-order valence-electron chi connectivity index (χ1n) is 9.47. The lowest BCUT2D eigenvalue weighted by molar-refractivity contribution is -0.384. The summed E-state index contributed by atoms with van der Waals surface area (Å²) in [5, 5.41) is 14.5. The summed E-state index contributed by atoms with van der Waals surface area (Å²) in [4.78, 5) is 36.9. The molecule has 8 nitrogen and oxygen atoms in total. The molecule has 1 N–H and O–H groups in total. The van der Waals surface area contributed by atoms with Crippen molar-refractivity contribution in [2.24, 2.45) is 0 Å². The molecule has 0 bridgehead atoms. The monoisotopic (exact) mass is 411 g/mol. The van der Waals surface area contributed by atoms with Gasteiger partial charge in [-0.15, -0.1) is 0 Å². The molecule has 0 aliphatic carbocycles. The number of rotatable bonds is 10. The van der Waals surface area contributed by atoms with Crippen molar-refractivity contribution in [3.63, 3.8) is 0 Å². The number of nitrogens with one attached hydrogen (secondary N) is 1. The molecule has 0 unspecified atom stereocenters. The lowest BCUT2D eigenvalue weighted by atomic mass is 10.1. The standard InChI is InChI=1S/C22H25N3O5/c1-4-24(14-16(2)3)21(26)15-30-22(27)18-10-11-19(20(12-18)25(28)29)23-13-17-8-6-5-7-9-17/h5-12,23H,2,4,13-15H2,1,3H3. The van der Waals surface area contributed by atoms with Crippen LogP contribution in [0, 0.1) is 10.1 Å². The number of anilines is 1. The molecule has 2 rings (SSSR count). The number of nitro benzene ring substituents is 1. The minimum atomic E-state index is -0.799. The number of esters is 1. The van der Waals surface area contributed by atoms with E-state index in [9.17, 15) is 19.7 Å². The maximum Gasteiger partial charge on any atom is 0.338 e. The highest BCUT2D eigenvalue weighted by Gasteiger charge is 2.20. The molecule has 0 atom stereocenters. The predicted molar refractivity (Wildman–Crippen MR) is 114 cm³/mol. The second-order valence-electron chi connectivity index (χ2n) is 6.77. The number of hydrogen-bond donors (Lipinski definition) is 1. The Balaban J connectivity index is 2.05. The average molecular weight is 411 g/mol.